The lowest BCUT2D eigenvalue weighted by atomic mass is 10.0. The fourth-order valence-corrected chi connectivity index (χ4v) is 2.23. The fraction of sp³-hybridized carbons (Fsp3) is 0.500. The van der Waals surface area contributed by atoms with Crippen molar-refractivity contribution in [3.05, 3.63) is 29.8 Å². The molecule has 0 saturated heterocycles. The van der Waals surface area contributed by atoms with Crippen LogP contribution in [0.1, 0.15) is 30.6 Å². The summed E-state index contributed by atoms with van der Waals surface area (Å²) in [4.78, 5) is 12.0. The molecular formula is C14H17BrF3NO2. The standard InChI is InChI=1S/C14H17BrF3NO2/c1-9(2)7-11(8-15)19-13(20)10-3-5-12(6-4-10)21-14(16,17)18/h3-6,9,11H,7-8H2,1-2H3,(H,19,20). The van der Waals surface area contributed by atoms with Crippen molar-refractivity contribution in [1.29, 1.82) is 0 Å². The fourth-order valence-electron chi connectivity index (χ4n) is 1.81. The van der Waals surface area contributed by atoms with Gasteiger partial charge in [-0.25, -0.2) is 0 Å². The van der Waals surface area contributed by atoms with Gasteiger partial charge in [-0.2, -0.15) is 0 Å². The molecular weight excluding hydrogens is 351 g/mol. The summed E-state index contributed by atoms with van der Waals surface area (Å²) in [6, 6.07) is 4.82. The van der Waals surface area contributed by atoms with Gasteiger partial charge in [-0.05, 0) is 36.6 Å². The first-order valence-corrected chi connectivity index (χ1v) is 7.56. The van der Waals surface area contributed by atoms with Crippen LogP contribution < -0.4 is 10.1 Å². The Morgan fingerprint density at radius 1 is 1.29 bits per heavy atom. The van der Waals surface area contributed by atoms with E-state index in [1.807, 2.05) is 13.8 Å². The van der Waals surface area contributed by atoms with Crippen molar-refractivity contribution >= 4 is 21.8 Å². The van der Waals surface area contributed by atoms with Gasteiger partial charge in [-0.1, -0.05) is 29.8 Å². The summed E-state index contributed by atoms with van der Waals surface area (Å²) in [7, 11) is 0. The summed E-state index contributed by atoms with van der Waals surface area (Å²) in [6.07, 6.45) is -3.92. The van der Waals surface area contributed by atoms with E-state index in [2.05, 4.69) is 26.0 Å². The molecule has 0 aliphatic rings. The number of ether oxygens (including phenoxy) is 1. The summed E-state index contributed by atoms with van der Waals surface area (Å²) >= 11 is 3.33. The van der Waals surface area contributed by atoms with Crippen LogP contribution in [-0.4, -0.2) is 23.6 Å². The first-order chi connectivity index (χ1) is 9.71. The second-order valence-electron chi connectivity index (χ2n) is 5.03. The van der Waals surface area contributed by atoms with Crippen molar-refractivity contribution in [2.45, 2.75) is 32.7 Å². The van der Waals surface area contributed by atoms with Gasteiger partial charge in [0, 0.05) is 16.9 Å². The maximum absolute atomic E-state index is 12.0. The predicted molar refractivity (Wildman–Crippen MR) is 77.6 cm³/mol. The highest BCUT2D eigenvalue weighted by atomic mass is 79.9. The molecule has 0 aliphatic heterocycles. The monoisotopic (exact) mass is 367 g/mol. The normalized spacial score (nSPS) is 13.1. The van der Waals surface area contributed by atoms with Crippen LogP contribution in [0.15, 0.2) is 24.3 Å². The van der Waals surface area contributed by atoms with Crippen LogP contribution in [-0.2, 0) is 0 Å². The highest BCUT2D eigenvalue weighted by molar-refractivity contribution is 9.09. The van der Waals surface area contributed by atoms with Gasteiger partial charge in [-0.3, -0.25) is 4.79 Å². The predicted octanol–water partition coefficient (Wildman–Crippen LogP) is 4.12. The van der Waals surface area contributed by atoms with Crippen LogP contribution in [0.5, 0.6) is 5.75 Å². The van der Waals surface area contributed by atoms with Crippen molar-refractivity contribution < 1.29 is 22.7 Å². The number of hydrogen-bond donors (Lipinski definition) is 1. The van der Waals surface area contributed by atoms with Gasteiger partial charge in [0.1, 0.15) is 5.75 Å². The largest absolute Gasteiger partial charge is 0.573 e. The SMILES string of the molecule is CC(C)CC(CBr)NC(=O)c1ccc(OC(F)(F)F)cc1. The van der Waals surface area contributed by atoms with Crippen molar-refractivity contribution in [3.8, 4) is 5.75 Å². The Bertz CT molecular complexity index is 460. The van der Waals surface area contributed by atoms with Crippen molar-refractivity contribution in [1.82, 2.24) is 5.32 Å². The van der Waals surface area contributed by atoms with Crippen LogP contribution >= 0.6 is 15.9 Å². The summed E-state index contributed by atoms with van der Waals surface area (Å²) < 4.78 is 39.9. The molecule has 1 rings (SSSR count). The van der Waals surface area contributed by atoms with E-state index in [0.29, 0.717) is 16.8 Å². The number of alkyl halides is 4. The molecule has 21 heavy (non-hydrogen) atoms. The van der Waals surface area contributed by atoms with Gasteiger partial charge in [-0.15, -0.1) is 13.2 Å². The van der Waals surface area contributed by atoms with Crippen LogP contribution in [0.4, 0.5) is 13.2 Å². The Morgan fingerprint density at radius 2 is 1.86 bits per heavy atom. The third kappa shape index (κ3) is 6.84. The van der Waals surface area contributed by atoms with Crippen LogP contribution in [0.25, 0.3) is 0 Å². The molecule has 1 aromatic rings. The summed E-state index contributed by atoms with van der Waals surface area (Å²) in [5.41, 5.74) is 0.291. The van der Waals surface area contributed by atoms with Gasteiger partial charge in [0.15, 0.2) is 0 Å². The molecule has 0 heterocycles. The summed E-state index contributed by atoms with van der Waals surface area (Å²) in [5.74, 6) is -0.243. The van der Waals surface area contributed by atoms with E-state index >= 15 is 0 Å². The highest BCUT2D eigenvalue weighted by Gasteiger charge is 2.31. The number of rotatable bonds is 6. The molecule has 0 aliphatic carbocycles. The third-order valence-electron chi connectivity index (χ3n) is 2.63. The molecule has 1 aromatic carbocycles. The minimum Gasteiger partial charge on any atom is -0.406 e. The zero-order chi connectivity index (χ0) is 16.0. The molecule has 0 saturated carbocycles. The smallest absolute Gasteiger partial charge is 0.406 e. The minimum atomic E-state index is -4.73. The average molecular weight is 368 g/mol. The van der Waals surface area contributed by atoms with Gasteiger partial charge < -0.3 is 10.1 Å². The maximum Gasteiger partial charge on any atom is 0.573 e. The Kier molecular flexibility index (Phi) is 6.51. The molecule has 1 N–H and O–H groups in total. The topological polar surface area (TPSA) is 38.3 Å². The van der Waals surface area contributed by atoms with Crippen molar-refractivity contribution in [2.75, 3.05) is 5.33 Å². The Hall–Kier alpha value is -1.24. The first kappa shape index (κ1) is 17.8. The average Bonchev–Trinajstić information content (AvgIpc) is 2.36. The molecule has 1 amide bonds. The van der Waals surface area contributed by atoms with Crippen LogP contribution in [0, 0.1) is 5.92 Å². The number of amides is 1. The Morgan fingerprint density at radius 3 is 2.29 bits per heavy atom. The van der Waals surface area contributed by atoms with Gasteiger partial charge >= 0.3 is 6.36 Å². The second-order valence-corrected chi connectivity index (χ2v) is 5.67. The maximum atomic E-state index is 12.0. The van der Waals surface area contributed by atoms with E-state index < -0.39 is 6.36 Å². The van der Waals surface area contributed by atoms with E-state index in [1.54, 1.807) is 0 Å². The molecule has 1 atom stereocenters. The number of hydrogen-bond acceptors (Lipinski definition) is 2. The summed E-state index contributed by atoms with van der Waals surface area (Å²) in [6.45, 7) is 4.09. The zero-order valence-electron chi connectivity index (χ0n) is 11.7. The molecule has 0 fully saturated rings. The molecule has 7 heteroatoms. The van der Waals surface area contributed by atoms with Gasteiger partial charge in [0.2, 0.25) is 0 Å². The number of carbonyl (C=O) groups is 1. The summed E-state index contributed by atoms with van der Waals surface area (Å²) in [5, 5.41) is 3.45. The number of carbonyl (C=O) groups excluding carboxylic acids is 1. The Labute approximate surface area is 130 Å². The molecule has 0 aromatic heterocycles. The number of halogens is 4. The number of benzene rings is 1. The molecule has 118 valence electrons. The lowest BCUT2D eigenvalue weighted by molar-refractivity contribution is -0.274. The van der Waals surface area contributed by atoms with Crippen molar-refractivity contribution in [2.24, 2.45) is 5.92 Å². The third-order valence-corrected chi connectivity index (χ3v) is 3.41. The lowest BCUT2D eigenvalue weighted by Crippen LogP contribution is -2.37. The highest BCUT2D eigenvalue weighted by Crippen LogP contribution is 2.22. The lowest BCUT2D eigenvalue weighted by Gasteiger charge is -2.18. The van der Waals surface area contributed by atoms with E-state index in [0.717, 1.165) is 18.6 Å². The van der Waals surface area contributed by atoms with Crippen LogP contribution in [0.3, 0.4) is 0 Å². The Balaban J connectivity index is 2.66. The molecule has 1 unspecified atom stereocenters. The molecule has 0 bridgehead atoms. The van der Waals surface area contributed by atoms with E-state index in [9.17, 15) is 18.0 Å². The van der Waals surface area contributed by atoms with Crippen molar-refractivity contribution in [3.63, 3.8) is 0 Å². The van der Waals surface area contributed by atoms with Crippen LogP contribution in [0.2, 0.25) is 0 Å². The van der Waals surface area contributed by atoms with Gasteiger partial charge in [0.05, 0.1) is 0 Å². The zero-order valence-corrected chi connectivity index (χ0v) is 13.3. The second kappa shape index (κ2) is 7.68. The molecule has 0 spiro atoms. The van der Waals surface area contributed by atoms with E-state index in [1.165, 1.54) is 12.1 Å². The van der Waals surface area contributed by atoms with E-state index in [4.69, 9.17) is 0 Å². The quantitative estimate of drug-likeness (QED) is 0.767. The first-order valence-electron chi connectivity index (χ1n) is 6.44. The molecule has 3 nitrogen and oxygen atoms in total. The number of nitrogens with one attached hydrogen (secondary N) is 1. The molecule has 0 radical (unpaired) electrons. The minimum absolute atomic E-state index is 0.0244. The van der Waals surface area contributed by atoms with Gasteiger partial charge in [0.25, 0.3) is 5.91 Å². The van der Waals surface area contributed by atoms with E-state index in [-0.39, 0.29) is 17.7 Å².